The van der Waals surface area contributed by atoms with Crippen LogP contribution in [0.1, 0.15) is 19.4 Å². The minimum atomic E-state index is -0.830. The summed E-state index contributed by atoms with van der Waals surface area (Å²) in [7, 11) is 0. The third-order valence-corrected chi connectivity index (χ3v) is 2.52. The van der Waals surface area contributed by atoms with E-state index in [0.29, 0.717) is 17.9 Å². The van der Waals surface area contributed by atoms with Crippen molar-refractivity contribution in [1.82, 2.24) is 10.7 Å². The molecule has 0 saturated carbocycles. The van der Waals surface area contributed by atoms with Crippen molar-refractivity contribution in [3.05, 3.63) is 29.8 Å². The number of benzene rings is 1. The highest BCUT2D eigenvalue weighted by Gasteiger charge is 2.11. The molecule has 0 radical (unpaired) electrons. The van der Waals surface area contributed by atoms with Gasteiger partial charge in [-0.15, -0.1) is 0 Å². The van der Waals surface area contributed by atoms with Crippen LogP contribution in [0, 0.1) is 5.92 Å². The number of nitrogens with two attached hydrogens (primary N) is 1. The maximum Gasteiger partial charge on any atom is 0.329 e. The highest BCUT2D eigenvalue weighted by Crippen LogP contribution is 2.10. The zero-order valence-corrected chi connectivity index (χ0v) is 13.0. The van der Waals surface area contributed by atoms with Crippen LogP contribution in [0.3, 0.4) is 0 Å². The molecule has 1 aromatic carbocycles. The van der Waals surface area contributed by atoms with E-state index in [2.05, 4.69) is 15.8 Å². The van der Waals surface area contributed by atoms with Crippen molar-refractivity contribution in [3.63, 3.8) is 0 Å². The minimum Gasteiger partial charge on any atom is -0.484 e. The molecule has 0 aromatic heterocycles. The molecule has 8 heteroatoms. The fourth-order valence-electron chi connectivity index (χ4n) is 1.40. The number of hydrogen-bond acceptors (Lipinski definition) is 5. The van der Waals surface area contributed by atoms with E-state index in [1.165, 1.54) is 6.21 Å². The van der Waals surface area contributed by atoms with Crippen molar-refractivity contribution in [2.24, 2.45) is 16.8 Å². The summed E-state index contributed by atoms with van der Waals surface area (Å²) < 4.78 is 5.10. The Labute approximate surface area is 134 Å². The summed E-state index contributed by atoms with van der Waals surface area (Å²) in [6.07, 6.45) is 1.38. The summed E-state index contributed by atoms with van der Waals surface area (Å²) in [4.78, 5) is 33.4. The molecular weight excluding hydrogens is 300 g/mol. The van der Waals surface area contributed by atoms with Crippen LogP contribution in [0.25, 0.3) is 0 Å². The maximum atomic E-state index is 11.4. The zero-order chi connectivity index (χ0) is 17.2. The summed E-state index contributed by atoms with van der Waals surface area (Å²) in [6, 6.07) is 6.60. The van der Waals surface area contributed by atoms with Crippen LogP contribution in [-0.4, -0.2) is 37.1 Å². The van der Waals surface area contributed by atoms with E-state index in [1.54, 1.807) is 24.3 Å². The van der Waals surface area contributed by atoms with Gasteiger partial charge in [-0.25, -0.2) is 5.43 Å². The van der Waals surface area contributed by atoms with Crippen LogP contribution in [-0.2, 0) is 14.4 Å². The first-order valence-corrected chi connectivity index (χ1v) is 7.01. The van der Waals surface area contributed by atoms with Gasteiger partial charge in [0.05, 0.1) is 6.21 Å². The van der Waals surface area contributed by atoms with Crippen molar-refractivity contribution >= 4 is 23.9 Å². The molecule has 3 amide bonds. The second-order valence-corrected chi connectivity index (χ2v) is 5.13. The Morgan fingerprint density at radius 2 is 1.87 bits per heavy atom. The summed E-state index contributed by atoms with van der Waals surface area (Å²) in [5, 5.41) is 6.18. The molecule has 124 valence electrons. The molecule has 0 aliphatic rings. The van der Waals surface area contributed by atoms with Crippen molar-refractivity contribution in [2.45, 2.75) is 13.8 Å². The highest BCUT2D eigenvalue weighted by molar-refractivity contribution is 6.35. The van der Waals surface area contributed by atoms with Gasteiger partial charge in [0.2, 0.25) is 0 Å². The number of nitrogens with zero attached hydrogens (tertiary/aromatic N) is 1. The Balaban J connectivity index is 2.43. The Morgan fingerprint density at radius 1 is 1.22 bits per heavy atom. The number of hydrazone groups is 1. The zero-order valence-electron chi connectivity index (χ0n) is 13.0. The first-order chi connectivity index (χ1) is 10.9. The molecule has 0 aliphatic carbocycles. The van der Waals surface area contributed by atoms with Crippen molar-refractivity contribution < 1.29 is 19.1 Å². The average Bonchev–Trinajstić information content (AvgIpc) is 2.51. The molecule has 0 bridgehead atoms. The van der Waals surface area contributed by atoms with Crippen LogP contribution in [0.4, 0.5) is 0 Å². The molecule has 23 heavy (non-hydrogen) atoms. The van der Waals surface area contributed by atoms with E-state index >= 15 is 0 Å². The minimum absolute atomic E-state index is 0.199. The maximum absolute atomic E-state index is 11.4. The average molecular weight is 320 g/mol. The Kier molecular flexibility index (Phi) is 7.25. The van der Waals surface area contributed by atoms with Crippen molar-refractivity contribution in [1.29, 1.82) is 0 Å². The molecule has 0 aliphatic heterocycles. The second-order valence-electron chi connectivity index (χ2n) is 5.13. The number of nitrogens with one attached hydrogen (secondary N) is 2. The molecule has 0 atom stereocenters. The third-order valence-electron chi connectivity index (χ3n) is 2.52. The van der Waals surface area contributed by atoms with Gasteiger partial charge in [0.25, 0.3) is 5.91 Å². The second kappa shape index (κ2) is 9.19. The van der Waals surface area contributed by atoms with Gasteiger partial charge in [-0.1, -0.05) is 13.8 Å². The Bertz CT molecular complexity index is 582. The monoisotopic (exact) mass is 320 g/mol. The number of hydrogen-bond donors (Lipinski definition) is 3. The lowest BCUT2D eigenvalue weighted by atomic mass is 10.2. The van der Waals surface area contributed by atoms with E-state index in [-0.39, 0.29) is 12.5 Å². The molecule has 0 spiro atoms. The van der Waals surface area contributed by atoms with Crippen molar-refractivity contribution in [3.8, 4) is 5.75 Å². The fourth-order valence-corrected chi connectivity index (χ4v) is 1.40. The summed E-state index contributed by atoms with van der Waals surface area (Å²) in [6.45, 7) is 4.07. The largest absolute Gasteiger partial charge is 0.484 e. The summed E-state index contributed by atoms with van der Waals surface area (Å²) >= 11 is 0. The molecule has 0 saturated heterocycles. The Morgan fingerprint density at radius 3 is 2.43 bits per heavy atom. The third kappa shape index (κ3) is 7.60. The first-order valence-electron chi connectivity index (χ1n) is 7.01. The molecular formula is C15H20N4O4. The number of amides is 3. The number of carbonyl (C=O) groups is 3. The van der Waals surface area contributed by atoms with Crippen molar-refractivity contribution in [2.75, 3.05) is 13.2 Å². The number of primary amides is 1. The predicted molar refractivity (Wildman–Crippen MR) is 84.7 cm³/mol. The molecule has 1 rings (SSSR count). The fraction of sp³-hybridized carbons (Fsp3) is 0.333. The lowest BCUT2D eigenvalue weighted by molar-refractivity contribution is -0.139. The van der Waals surface area contributed by atoms with E-state index in [4.69, 9.17) is 10.5 Å². The van der Waals surface area contributed by atoms with E-state index < -0.39 is 17.7 Å². The molecule has 8 nitrogen and oxygen atoms in total. The van der Waals surface area contributed by atoms with E-state index in [1.807, 2.05) is 13.8 Å². The molecule has 1 aromatic rings. The van der Waals surface area contributed by atoms with Crippen LogP contribution in [0.5, 0.6) is 5.75 Å². The van der Waals surface area contributed by atoms with E-state index in [9.17, 15) is 14.4 Å². The van der Waals surface area contributed by atoms with Crippen LogP contribution in [0.2, 0.25) is 0 Å². The lowest BCUT2D eigenvalue weighted by Gasteiger charge is -2.05. The lowest BCUT2D eigenvalue weighted by Crippen LogP contribution is -2.39. The molecule has 0 heterocycles. The standard InChI is InChI=1S/C15H20N4O4/c1-10(2)7-17-14(21)15(22)19-18-8-11-3-5-12(6-4-11)23-9-13(16)20/h3-6,8,10H,7,9H2,1-2H3,(H2,16,20)(H,17,21)(H,19,22). The van der Waals surface area contributed by atoms with Gasteiger partial charge >= 0.3 is 11.8 Å². The number of rotatable bonds is 7. The SMILES string of the molecule is CC(C)CNC(=O)C(=O)NN=Cc1ccc(OCC(N)=O)cc1. The summed E-state index contributed by atoms with van der Waals surface area (Å²) in [5.74, 6) is -1.38. The van der Waals surface area contributed by atoms with Gasteiger partial charge in [-0.2, -0.15) is 5.10 Å². The van der Waals surface area contributed by atoms with Gasteiger partial charge in [0.1, 0.15) is 5.75 Å². The van der Waals surface area contributed by atoms with Gasteiger partial charge in [0.15, 0.2) is 6.61 Å². The van der Waals surface area contributed by atoms with E-state index in [0.717, 1.165) is 0 Å². The smallest absolute Gasteiger partial charge is 0.329 e. The number of carbonyl (C=O) groups excluding carboxylic acids is 3. The highest BCUT2D eigenvalue weighted by atomic mass is 16.5. The topological polar surface area (TPSA) is 123 Å². The first kappa shape index (κ1) is 18.1. The summed E-state index contributed by atoms with van der Waals surface area (Å²) in [5.41, 5.74) is 7.78. The molecule has 0 fully saturated rings. The normalized spacial score (nSPS) is 10.6. The van der Waals surface area contributed by atoms with Gasteiger partial charge < -0.3 is 15.8 Å². The van der Waals surface area contributed by atoms with Crippen LogP contribution in [0.15, 0.2) is 29.4 Å². The number of ether oxygens (including phenoxy) is 1. The van der Waals surface area contributed by atoms with Gasteiger partial charge in [-0.05, 0) is 35.7 Å². The quantitative estimate of drug-likeness (QED) is 0.365. The van der Waals surface area contributed by atoms with Gasteiger partial charge in [-0.3, -0.25) is 14.4 Å². The van der Waals surface area contributed by atoms with Gasteiger partial charge in [0, 0.05) is 6.54 Å². The molecule has 0 unspecified atom stereocenters. The Hall–Kier alpha value is -2.90. The van der Waals surface area contributed by atoms with Crippen LogP contribution >= 0.6 is 0 Å². The predicted octanol–water partition coefficient (Wildman–Crippen LogP) is -0.227. The molecule has 4 N–H and O–H groups in total. The van der Waals surface area contributed by atoms with Crippen LogP contribution < -0.4 is 21.2 Å².